The van der Waals surface area contributed by atoms with E-state index in [9.17, 15) is 4.79 Å². The van der Waals surface area contributed by atoms with Crippen molar-refractivity contribution in [2.24, 2.45) is 15.4 Å². The molecule has 17 heavy (non-hydrogen) atoms. The van der Waals surface area contributed by atoms with E-state index in [2.05, 4.69) is 23.8 Å². The Labute approximate surface area is 101 Å². The van der Waals surface area contributed by atoms with Gasteiger partial charge in [-0.2, -0.15) is 0 Å². The van der Waals surface area contributed by atoms with Crippen LogP contribution in [0.15, 0.2) is 32.8 Å². The minimum Gasteiger partial charge on any atom is -0.292 e. The van der Waals surface area contributed by atoms with Gasteiger partial charge in [-0.25, -0.2) is 0 Å². The molecular weight excluding hydrogens is 212 g/mol. The van der Waals surface area contributed by atoms with Crippen LogP contribution >= 0.6 is 0 Å². The molecule has 1 aliphatic carbocycles. The van der Waals surface area contributed by atoms with Crippen molar-refractivity contribution >= 4 is 17.7 Å². The summed E-state index contributed by atoms with van der Waals surface area (Å²) in [6.45, 7) is 5.40. The second-order valence-electron chi connectivity index (χ2n) is 5.74. The molecule has 0 aromatic heterocycles. The number of aliphatic imine (C=N–C) groups is 2. The van der Waals surface area contributed by atoms with Crippen LogP contribution in [-0.4, -0.2) is 30.8 Å². The zero-order valence-electron chi connectivity index (χ0n) is 10.3. The van der Waals surface area contributed by atoms with E-state index in [0.717, 1.165) is 29.7 Å². The average molecular weight is 228 g/mol. The number of Topliss-reactive ketones (excluding diaryl/α,β-unsaturated/α-hetero) is 1. The van der Waals surface area contributed by atoms with E-state index >= 15 is 0 Å². The zero-order valence-corrected chi connectivity index (χ0v) is 10.3. The maximum atomic E-state index is 12.2. The Kier molecular flexibility index (Phi) is 2.18. The van der Waals surface area contributed by atoms with Gasteiger partial charge in [0.2, 0.25) is 0 Å². The smallest absolute Gasteiger partial charge is 0.180 e. The fourth-order valence-corrected chi connectivity index (χ4v) is 2.87. The van der Waals surface area contributed by atoms with Gasteiger partial charge in [0.15, 0.2) is 5.78 Å². The van der Waals surface area contributed by atoms with Crippen LogP contribution < -0.4 is 0 Å². The molecule has 0 radical (unpaired) electrons. The number of ketones is 1. The largest absolute Gasteiger partial charge is 0.292 e. The normalized spacial score (nSPS) is 29.2. The summed E-state index contributed by atoms with van der Waals surface area (Å²) in [5.41, 5.74) is 4.54. The summed E-state index contributed by atoms with van der Waals surface area (Å²) in [6, 6.07) is 0. The molecule has 88 valence electrons. The van der Waals surface area contributed by atoms with Crippen LogP contribution in [0.3, 0.4) is 0 Å². The van der Waals surface area contributed by atoms with Crippen molar-refractivity contribution < 1.29 is 4.79 Å². The van der Waals surface area contributed by atoms with Gasteiger partial charge in [-0.15, -0.1) is 0 Å². The molecule has 0 aromatic rings. The number of allylic oxidation sites excluding steroid dienone is 1. The first-order valence-corrected chi connectivity index (χ1v) is 6.06. The van der Waals surface area contributed by atoms with Crippen molar-refractivity contribution in [3.05, 3.63) is 22.8 Å². The molecule has 2 aliphatic heterocycles. The molecule has 0 saturated carbocycles. The van der Waals surface area contributed by atoms with Crippen LogP contribution in [0, 0.1) is 5.41 Å². The van der Waals surface area contributed by atoms with Gasteiger partial charge < -0.3 is 0 Å². The number of carbonyl (C=O) groups is 1. The number of nitrogens with zero attached hydrogens (tertiary/aromatic N) is 2. The number of hydrogen-bond donors (Lipinski definition) is 0. The molecule has 0 aromatic carbocycles. The molecule has 0 N–H and O–H groups in total. The van der Waals surface area contributed by atoms with Crippen LogP contribution in [0.25, 0.3) is 0 Å². The summed E-state index contributed by atoms with van der Waals surface area (Å²) in [5.74, 6) is 0.171. The summed E-state index contributed by atoms with van der Waals surface area (Å²) >= 11 is 0. The van der Waals surface area contributed by atoms with Crippen LogP contribution in [0.5, 0.6) is 0 Å². The van der Waals surface area contributed by atoms with Crippen molar-refractivity contribution in [2.45, 2.75) is 26.7 Å². The topological polar surface area (TPSA) is 41.8 Å². The zero-order chi connectivity index (χ0) is 12.0. The van der Waals surface area contributed by atoms with Crippen molar-refractivity contribution in [3.8, 4) is 0 Å². The maximum absolute atomic E-state index is 12.2. The lowest BCUT2D eigenvalue weighted by atomic mass is 9.71. The molecule has 3 nitrogen and oxygen atoms in total. The van der Waals surface area contributed by atoms with Gasteiger partial charge in [-0.05, 0) is 29.9 Å². The molecule has 3 rings (SSSR count). The van der Waals surface area contributed by atoms with Gasteiger partial charge in [0, 0.05) is 23.1 Å². The minimum absolute atomic E-state index is 0.145. The SMILES string of the molecule is CC1(C)CC2=NC/C3=C/C=NCC(=O)C(=C23)C1. The summed E-state index contributed by atoms with van der Waals surface area (Å²) in [6.07, 6.45) is 5.59. The second-order valence-corrected chi connectivity index (χ2v) is 5.74. The Balaban J connectivity index is 2.18. The van der Waals surface area contributed by atoms with E-state index in [-0.39, 0.29) is 17.7 Å². The molecule has 0 amide bonds. The van der Waals surface area contributed by atoms with Crippen LogP contribution in [0.2, 0.25) is 0 Å². The van der Waals surface area contributed by atoms with Crippen LogP contribution in [0.4, 0.5) is 0 Å². The molecule has 0 spiro atoms. The number of hydrogen-bond acceptors (Lipinski definition) is 3. The summed E-state index contributed by atoms with van der Waals surface area (Å²) in [5, 5.41) is 0. The van der Waals surface area contributed by atoms with Gasteiger partial charge in [0.25, 0.3) is 0 Å². The molecule has 0 saturated heterocycles. The third-order valence-electron chi connectivity index (χ3n) is 3.61. The predicted molar refractivity (Wildman–Crippen MR) is 68.8 cm³/mol. The van der Waals surface area contributed by atoms with Crippen LogP contribution in [0.1, 0.15) is 26.7 Å². The van der Waals surface area contributed by atoms with Gasteiger partial charge in [-0.1, -0.05) is 13.8 Å². The molecular formula is C14H16N2O. The summed E-state index contributed by atoms with van der Waals surface area (Å²) in [4.78, 5) is 20.9. The highest BCUT2D eigenvalue weighted by atomic mass is 16.1. The lowest BCUT2D eigenvalue weighted by Gasteiger charge is -2.32. The van der Waals surface area contributed by atoms with E-state index in [1.807, 2.05) is 6.08 Å². The van der Waals surface area contributed by atoms with Crippen molar-refractivity contribution in [1.82, 2.24) is 0 Å². The molecule has 0 fully saturated rings. The molecule has 2 heterocycles. The van der Waals surface area contributed by atoms with Gasteiger partial charge in [-0.3, -0.25) is 14.8 Å². The minimum atomic E-state index is 0.145. The number of rotatable bonds is 0. The fourth-order valence-electron chi connectivity index (χ4n) is 2.87. The van der Waals surface area contributed by atoms with Gasteiger partial charge >= 0.3 is 0 Å². The van der Waals surface area contributed by atoms with Gasteiger partial charge in [0.05, 0.1) is 6.54 Å². The monoisotopic (exact) mass is 228 g/mol. The Morgan fingerprint density at radius 1 is 1.24 bits per heavy atom. The van der Waals surface area contributed by atoms with Crippen molar-refractivity contribution in [3.63, 3.8) is 0 Å². The van der Waals surface area contributed by atoms with E-state index < -0.39 is 0 Å². The van der Waals surface area contributed by atoms with Crippen molar-refractivity contribution in [1.29, 1.82) is 0 Å². The summed E-state index contributed by atoms with van der Waals surface area (Å²) < 4.78 is 0. The lowest BCUT2D eigenvalue weighted by molar-refractivity contribution is -0.114. The van der Waals surface area contributed by atoms with E-state index in [1.165, 1.54) is 5.57 Å². The molecule has 0 unspecified atom stereocenters. The first kappa shape index (κ1) is 10.6. The Bertz CT molecular complexity index is 518. The Morgan fingerprint density at radius 2 is 2.06 bits per heavy atom. The highest BCUT2D eigenvalue weighted by Gasteiger charge is 2.37. The number of carbonyl (C=O) groups excluding carboxylic acids is 1. The average Bonchev–Trinajstić information content (AvgIpc) is 2.62. The third-order valence-corrected chi connectivity index (χ3v) is 3.61. The highest BCUT2D eigenvalue weighted by Crippen LogP contribution is 2.42. The predicted octanol–water partition coefficient (Wildman–Crippen LogP) is 2.14. The Hall–Kier alpha value is -1.51. The first-order valence-electron chi connectivity index (χ1n) is 6.06. The third kappa shape index (κ3) is 1.70. The van der Waals surface area contributed by atoms with E-state index in [1.54, 1.807) is 6.21 Å². The Morgan fingerprint density at radius 3 is 2.88 bits per heavy atom. The highest BCUT2D eigenvalue weighted by molar-refractivity contribution is 6.16. The fraction of sp³-hybridized carbons (Fsp3) is 0.500. The van der Waals surface area contributed by atoms with Crippen molar-refractivity contribution in [2.75, 3.05) is 13.1 Å². The molecule has 0 bridgehead atoms. The summed E-state index contributed by atoms with van der Waals surface area (Å²) in [7, 11) is 0. The quantitative estimate of drug-likeness (QED) is 0.626. The van der Waals surface area contributed by atoms with E-state index in [4.69, 9.17) is 0 Å². The lowest BCUT2D eigenvalue weighted by Crippen LogP contribution is -2.29. The van der Waals surface area contributed by atoms with Crippen LogP contribution in [-0.2, 0) is 4.79 Å². The molecule has 3 heteroatoms. The van der Waals surface area contributed by atoms with Gasteiger partial charge in [0.1, 0.15) is 6.54 Å². The maximum Gasteiger partial charge on any atom is 0.180 e. The second kappa shape index (κ2) is 3.49. The standard InChI is InChI=1S/C14H16N2O/c1-14(2)5-10-12(17)8-15-4-3-9-7-16-11(6-14)13(9)10/h3-4H,5-8H2,1-2H3/b9-3-,15-4?. The molecule has 3 aliphatic rings. The van der Waals surface area contributed by atoms with E-state index in [0.29, 0.717) is 6.54 Å². The first-order chi connectivity index (χ1) is 8.07. The molecule has 0 atom stereocenters.